The molecule has 0 amide bonds. The van der Waals surface area contributed by atoms with E-state index in [0.29, 0.717) is 16.5 Å². The summed E-state index contributed by atoms with van der Waals surface area (Å²) in [6.07, 6.45) is 0.119. The molecule has 2 atom stereocenters. The Labute approximate surface area is 133 Å². The second-order valence-corrected chi connectivity index (χ2v) is 5.62. The zero-order valence-electron chi connectivity index (χ0n) is 11.0. The molecule has 0 spiro atoms. The van der Waals surface area contributed by atoms with Gasteiger partial charge in [-0.3, -0.25) is 4.84 Å². The van der Waals surface area contributed by atoms with E-state index in [-0.39, 0.29) is 6.04 Å². The summed E-state index contributed by atoms with van der Waals surface area (Å²) in [7, 11) is 0. The number of nitrogens with zero attached hydrogens (tertiary/aromatic N) is 2. The van der Waals surface area contributed by atoms with Crippen molar-refractivity contribution < 1.29 is 4.84 Å². The largest absolute Gasteiger partial charge is 0.254 e. The van der Waals surface area contributed by atoms with Gasteiger partial charge in [-0.25, -0.2) is 5.06 Å². The normalized spacial score (nSPS) is 21.3. The van der Waals surface area contributed by atoms with Crippen LogP contribution >= 0.6 is 23.2 Å². The molecule has 0 radical (unpaired) electrons. The molecule has 1 aliphatic rings. The average Bonchev–Trinajstić information content (AvgIpc) is 2.95. The minimum Gasteiger partial charge on any atom is -0.254 e. The number of halogens is 2. The van der Waals surface area contributed by atoms with Gasteiger partial charge in [-0.1, -0.05) is 47.5 Å². The highest BCUT2D eigenvalue weighted by molar-refractivity contribution is 6.42. The number of nitriles is 1. The fraction of sp³-hybridized carbons (Fsp3) is 0.188. The second-order valence-electron chi connectivity index (χ2n) is 4.81. The fourth-order valence-corrected chi connectivity index (χ4v) is 2.74. The SMILES string of the molecule is N#CC1CC(c2ccc(Cl)c(Cl)c2)N(c2ccccc2)O1. The first kappa shape index (κ1) is 14.2. The van der Waals surface area contributed by atoms with Crippen molar-refractivity contribution in [3.63, 3.8) is 0 Å². The van der Waals surface area contributed by atoms with Gasteiger partial charge >= 0.3 is 0 Å². The Morgan fingerprint density at radius 2 is 1.86 bits per heavy atom. The minimum atomic E-state index is -0.468. The third-order valence-corrected chi connectivity index (χ3v) is 4.18. The van der Waals surface area contributed by atoms with Gasteiger partial charge in [0.2, 0.25) is 0 Å². The van der Waals surface area contributed by atoms with Gasteiger partial charge < -0.3 is 0 Å². The lowest BCUT2D eigenvalue weighted by Gasteiger charge is -2.24. The van der Waals surface area contributed by atoms with Crippen molar-refractivity contribution in [2.45, 2.75) is 18.6 Å². The molecule has 1 saturated heterocycles. The molecule has 106 valence electrons. The lowest BCUT2D eigenvalue weighted by Crippen LogP contribution is -2.21. The number of hydrogen-bond acceptors (Lipinski definition) is 3. The van der Waals surface area contributed by atoms with E-state index in [0.717, 1.165) is 11.3 Å². The number of hydrogen-bond donors (Lipinski definition) is 0. The van der Waals surface area contributed by atoms with Crippen LogP contribution in [0.4, 0.5) is 5.69 Å². The van der Waals surface area contributed by atoms with E-state index in [1.165, 1.54) is 0 Å². The van der Waals surface area contributed by atoms with Crippen molar-refractivity contribution in [2.24, 2.45) is 0 Å². The second kappa shape index (κ2) is 5.95. The molecule has 0 aromatic heterocycles. The van der Waals surface area contributed by atoms with Crippen LogP contribution in [0.3, 0.4) is 0 Å². The fourth-order valence-electron chi connectivity index (χ4n) is 2.44. The topological polar surface area (TPSA) is 36.3 Å². The van der Waals surface area contributed by atoms with E-state index >= 15 is 0 Å². The first-order valence-electron chi connectivity index (χ1n) is 6.54. The molecular formula is C16H12Cl2N2O. The molecule has 2 unspecified atom stereocenters. The van der Waals surface area contributed by atoms with Crippen molar-refractivity contribution in [3.8, 4) is 6.07 Å². The number of benzene rings is 2. The van der Waals surface area contributed by atoms with E-state index in [1.807, 2.05) is 42.5 Å². The highest BCUT2D eigenvalue weighted by Gasteiger charge is 2.35. The zero-order chi connectivity index (χ0) is 14.8. The van der Waals surface area contributed by atoms with Crippen molar-refractivity contribution in [1.29, 1.82) is 5.26 Å². The lowest BCUT2D eigenvalue weighted by atomic mass is 10.0. The van der Waals surface area contributed by atoms with Crippen molar-refractivity contribution in [2.75, 3.05) is 5.06 Å². The predicted octanol–water partition coefficient (Wildman–Crippen LogP) is 4.77. The lowest BCUT2D eigenvalue weighted by molar-refractivity contribution is 0.118. The Balaban J connectivity index is 1.98. The van der Waals surface area contributed by atoms with E-state index in [1.54, 1.807) is 11.1 Å². The molecule has 3 nitrogen and oxygen atoms in total. The van der Waals surface area contributed by atoms with Gasteiger partial charge in [0, 0.05) is 6.42 Å². The van der Waals surface area contributed by atoms with Crippen LogP contribution in [0.25, 0.3) is 0 Å². The number of para-hydroxylation sites is 1. The summed E-state index contributed by atoms with van der Waals surface area (Å²) in [6.45, 7) is 0. The summed E-state index contributed by atoms with van der Waals surface area (Å²) in [4.78, 5) is 5.73. The Morgan fingerprint density at radius 3 is 2.52 bits per heavy atom. The maximum absolute atomic E-state index is 9.15. The first-order chi connectivity index (χ1) is 10.2. The molecule has 0 bridgehead atoms. The Morgan fingerprint density at radius 1 is 1.10 bits per heavy atom. The Kier molecular flexibility index (Phi) is 4.03. The van der Waals surface area contributed by atoms with Crippen LogP contribution in [0.1, 0.15) is 18.0 Å². The molecule has 2 aromatic rings. The van der Waals surface area contributed by atoms with Crippen LogP contribution in [0, 0.1) is 11.3 Å². The third-order valence-electron chi connectivity index (χ3n) is 3.44. The number of anilines is 1. The summed E-state index contributed by atoms with van der Waals surface area (Å²) in [5.41, 5.74) is 1.89. The van der Waals surface area contributed by atoms with Crippen LogP contribution in [-0.2, 0) is 4.84 Å². The standard InChI is InChI=1S/C16H12Cl2N2O/c17-14-7-6-11(8-15(14)18)16-9-13(10-19)21-20(16)12-4-2-1-3-5-12/h1-8,13,16H,9H2. The molecule has 0 aliphatic carbocycles. The van der Waals surface area contributed by atoms with Crippen LogP contribution in [-0.4, -0.2) is 6.10 Å². The van der Waals surface area contributed by atoms with Crippen LogP contribution in [0.2, 0.25) is 10.0 Å². The van der Waals surface area contributed by atoms with E-state index < -0.39 is 6.10 Å². The van der Waals surface area contributed by atoms with E-state index in [4.69, 9.17) is 33.3 Å². The van der Waals surface area contributed by atoms with Gasteiger partial charge in [-0.05, 0) is 29.8 Å². The number of hydroxylamine groups is 1. The summed E-state index contributed by atoms with van der Waals surface area (Å²) in [5, 5.41) is 11.9. The smallest absolute Gasteiger partial charge is 0.174 e. The Hall–Kier alpha value is -1.73. The molecule has 21 heavy (non-hydrogen) atoms. The molecular weight excluding hydrogens is 307 g/mol. The van der Waals surface area contributed by atoms with Crippen molar-refractivity contribution in [1.82, 2.24) is 0 Å². The maximum atomic E-state index is 9.15. The molecule has 1 aliphatic heterocycles. The van der Waals surface area contributed by atoms with E-state index in [9.17, 15) is 0 Å². The third kappa shape index (κ3) is 2.84. The molecule has 3 rings (SSSR count). The summed E-state index contributed by atoms with van der Waals surface area (Å²) < 4.78 is 0. The predicted molar refractivity (Wildman–Crippen MR) is 83.2 cm³/mol. The maximum Gasteiger partial charge on any atom is 0.174 e. The van der Waals surface area contributed by atoms with E-state index in [2.05, 4.69) is 6.07 Å². The van der Waals surface area contributed by atoms with Gasteiger partial charge in [0.25, 0.3) is 0 Å². The molecule has 0 N–H and O–H groups in total. The zero-order valence-corrected chi connectivity index (χ0v) is 12.6. The van der Waals surface area contributed by atoms with Crippen LogP contribution in [0.15, 0.2) is 48.5 Å². The molecule has 2 aromatic carbocycles. The summed E-state index contributed by atoms with van der Waals surface area (Å²) in [6, 6.07) is 17.3. The highest BCUT2D eigenvalue weighted by Crippen LogP contribution is 2.39. The van der Waals surface area contributed by atoms with Gasteiger partial charge in [-0.2, -0.15) is 5.26 Å². The van der Waals surface area contributed by atoms with Gasteiger partial charge in [0.1, 0.15) is 0 Å². The highest BCUT2D eigenvalue weighted by atomic mass is 35.5. The van der Waals surface area contributed by atoms with Crippen molar-refractivity contribution in [3.05, 3.63) is 64.1 Å². The van der Waals surface area contributed by atoms with Crippen LogP contribution in [0.5, 0.6) is 0 Å². The minimum absolute atomic E-state index is 0.0631. The monoisotopic (exact) mass is 318 g/mol. The summed E-state index contributed by atoms with van der Waals surface area (Å²) >= 11 is 12.1. The van der Waals surface area contributed by atoms with Gasteiger partial charge in [-0.15, -0.1) is 0 Å². The van der Waals surface area contributed by atoms with Crippen molar-refractivity contribution >= 4 is 28.9 Å². The molecule has 1 heterocycles. The van der Waals surface area contributed by atoms with Gasteiger partial charge in [0.15, 0.2) is 6.10 Å². The van der Waals surface area contributed by atoms with Gasteiger partial charge in [0.05, 0.1) is 27.8 Å². The average molecular weight is 319 g/mol. The van der Waals surface area contributed by atoms with Crippen LogP contribution < -0.4 is 5.06 Å². The molecule has 5 heteroatoms. The molecule has 1 fully saturated rings. The quantitative estimate of drug-likeness (QED) is 0.800. The molecule has 0 saturated carbocycles. The number of rotatable bonds is 2. The first-order valence-corrected chi connectivity index (χ1v) is 7.30. The summed E-state index contributed by atoms with van der Waals surface area (Å²) in [5.74, 6) is 0. The Bertz CT molecular complexity index is 684.